The highest BCUT2D eigenvalue weighted by Gasteiger charge is 2.34. The molecule has 0 bridgehead atoms. The Morgan fingerprint density at radius 2 is 2.12 bits per heavy atom. The van der Waals surface area contributed by atoms with Gasteiger partial charge in [-0.15, -0.1) is 11.3 Å². The Morgan fingerprint density at radius 3 is 2.85 bits per heavy atom. The number of fused-ring (bicyclic) bond motifs is 1. The molecule has 0 radical (unpaired) electrons. The van der Waals surface area contributed by atoms with Crippen LogP contribution in [0.3, 0.4) is 0 Å². The highest BCUT2D eigenvalue weighted by Crippen LogP contribution is 2.34. The smallest absolute Gasteiger partial charge is 0.317 e. The normalized spacial score (nSPS) is 19.8. The highest BCUT2D eigenvalue weighted by atomic mass is 32.1. The predicted octanol–water partition coefficient (Wildman–Crippen LogP) is 3.60. The summed E-state index contributed by atoms with van der Waals surface area (Å²) in [5, 5.41) is 4.84. The average Bonchev–Trinajstić information content (AvgIpc) is 3.50. The van der Waals surface area contributed by atoms with E-state index in [-0.39, 0.29) is 43.1 Å². The van der Waals surface area contributed by atoms with Gasteiger partial charge in [0.25, 0.3) is 0 Å². The van der Waals surface area contributed by atoms with Gasteiger partial charge in [0.2, 0.25) is 5.91 Å². The van der Waals surface area contributed by atoms with Gasteiger partial charge in [0.1, 0.15) is 24.7 Å². The van der Waals surface area contributed by atoms with Crippen molar-refractivity contribution in [3.05, 3.63) is 52.0 Å². The predicted molar refractivity (Wildman–Crippen MR) is 124 cm³/mol. The van der Waals surface area contributed by atoms with Gasteiger partial charge < -0.3 is 24.6 Å². The molecule has 0 aliphatic carbocycles. The van der Waals surface area contributed by atoms with Gasteiger partial charge in [-0.3, -0.25) is 4.79 Å². The first-order valence-corrected chi connectivity index (χ1v) is 12.3. The molecule has 4 rings (SSSR count). The molecule has 1 aromatic heterocycles. The molecule has 3 amide bonds. The van der Waals surface area contributed by atoms with Crippen LogP contribution in [0.25, 0.3) is 0 Å². The average molecular weight is 476 g/mol. The molecule has 0 unspecified atom stereocenters. The molecule has 2 atom stereocenters. The molecule has 0 spiro atoms. The number of carbonyl (C=O) groups is 2. The zero-order valence-corrected chi connectivity index (χ0v) is 19.6. The molecule has 33 heavy (non-hydrogen) atoms. The number of nitrogens with zero attached hydrogens (tertiary/aromatic N) is 2. The van der Waals surface area contributed by atoms with Gasteiger partial charge in [0.05, 0.1) is 12.1 Å². The molecule has 0 saturated carbocycles. The fourth-order valence-corrected chi connectivity index (χ4v) is 5.28. The van der Waals surface area contributed by atoms with E-state index < -0.39 is 0 Å². The van der Waals surface area contributed by atoms with Crippen LogP contribution in [0.5, 0.6) is 5.75 Å². The van der Waals surface area contributed by atoms with Gasteiger partial charge in [-0.2, -0.15) is 0 Å². The monoisotopic (exact) mass is 475 g/mol. The lowest BCUT2D eigenvalue weighted by molar-refractivity contribution is -0.135. The van der Waals surface area contributed by atoms with Crippen molar-refractivity contribution in [2.24, 2.45) is 0 Å². The van der Waals surface area contributed by atoms with Crippen LogP contribution >= 0.6 is 11.3 Å². The third-order valence-electron chi connectivity index (χ3n) is 6.03. The quantitative estimate of drug-likeness (QED) is 0.633. The van der Waals surface area contributed by atoms with Crippen molar-refractivity contribution in [2.75, 3.05) is 39.4 Å². The van der Waals surface area contributed by atoms with Crippen molar-refractivity contribution in [3.63, 3.8) is 0 Å². The van der Waals surface area contributed by atoms with Crippen molar-refractivity contribution in [1.82, 2.24) is 15.1 Å². The molecule has 1 saturated heterocycles. The van der Waals surface area contributed by atoms with Crippen molar-refractivity contribution in [2.45, 2.75) is 38.3 Å². The number of hydrogen-bond donors (Lipinski definition) is 1. The molecule has 1 N–H and O–H groups in total. The Labute approximate surface area is 197 Å². The summed E-state index contributed by atoms with van der Waals surface area (Å²) in [7, 11) is 0. The van der Waals surface area contributed by atoms with Crippen molar-refractivity contribution in [1.29, 1.82) is 0 Å². The van der Waals surface area contributed by atoms with Crippen LogP contribution in [0, 0.1) is 5.82 Å². The van der Waals surface area contributed by atoms with E-state index >= 15 is 0 Å². The molecule has 2 aliphatic heterocycles. The largest absolute Gasteiger partial charge is 0.491 e. The molecular weight excluding hydrogens is 445 g/mol. The molecule has 7 nitrogen and oxygen atoms in total. The van der Waals surface area contributed by atoms with E-state index in [1.165, 1.54) is 17.0 Å². The van der Waals surface area contributed by atoms with Gasteiger partial charge in [-0.25, -0.2) is 9.18 Å². The minimum Gasteiger partial charge on any atom is -0.491 e. The Morgan fingerprint density at radius 1 is 1.30 bits per heavy atom. The summed E-state index contributed by atoms with van der Waals surface area (Å²) >= 11 is 1.68. The van der Waals surface area contributed by atoms with E-state index in [2.05, 4.69) is 5.32 Å². The number of halogens is 1. The zero-order valence-electron chi connectivity index (χ0n) is 18.8. The maximum absolute atomic E-state index is 13.5. The minimum atomic E-state index is -0.325. The standard InChI is InChI=1S/C24H30FN3O4S/c1-2-26-24(30)27(14-19-4-3-12-31-19)15-23(29)28-11-9-22-20(10-13-33-22)21(28)16-32-18-7-5-17(25)6-8-18/h5-8,10,13,19,21H,2-4,9,11-12,14-16H2,1H3,(H,26,30)/t19-,21-/m1/s1. The van der Waals surface area contributed by atoms with E-state index in [9.17, 15) is 14.0 Å². The number of hydrogen-bond acceptors (Lipinski definition) is 5. The maximum atomic E-state index is 13.5. The summed E-state index contributed by atoms with van der Waals surface area (Å²) in [6.45, 7) is 4.24. The summed E-state index contributed by atoms with van der Waals surface area (Å²) in [5.41, 5.74) is 1.07. The number of thiophene rings is 1. The molecule has 2 aliphatic rings. The fourth-order valence-electron chi connectivity index (χ4n) is 4.35. The summed E-state index contributed by atoms with van der Waals surface area (Å²) < 4.78 is 24.9. The van der Waals surface area contributed by atoms with Crippen LogP contribution in [0.15, 0.2) is 35.7 Å². The summed E-state index contributed by atoms with van der Waals surface area (Å²) in [6.07, 6.45) is 2.60. The number of nitrogens with one attached hydrogen (secondary N) is 1. The highest BCUT2D eigenvalue weighted by molar-refractivity contribution is 7.10. The zero-order chi connectivity index (χ0) is 23.2. The second-order valence-electron chi connectivity index (χ2n) is 8.27. The Hall–Kier alpha value is -2.65. The third-order valence-corrected chi connectivity index (χ3v) is 7.02. The number of ether oxygens (including phenoxy) is 2. The molecule has 178 valence electrons. The number of rotatable bonds is 8. The first-order valence-electron chi connectivity index (χ1n) is 11.4. The lowest BCUT2D eigenvalue weighted by Crippen LogP contribution is -2.51. The first-order chi connectivity index (χ1) is 16.0. The third kappa shape index (κ3) is 5.83. The van der Waals surface area contributed by atoms with Crippen LogP contribution < -0.4 is 10.1 Å². The molecule has 2 aromatic rings. The second kappa shape index (κ2) is 11.0. The van der Waals surface area contributed by atoms with Gasteiger partial charge >= 0.3 is 6.03 Å². The Kier molecular flexibility index (Phi) is 7.82. The van der Waals surface area contributed by atoms with E-state index in [1.54, 1.807) is 33.3 Å². The van der Waals surface area contributed by atoms with E-state index in [0.717, 1.165) is 24.8 Å². The first kappa shape index (κ1) is 23.5. The van der Waals surface area contributed by atoms with Crippen LogP contribution in [0.4, 0.5) is 9.18 Å². The minimum absolute atomic E-state index is 0.0157. The van der Waals surface area contributed by atoms with Gasteiger partial charge in [0, 0.05) is 31.1 Å². The van der Waals surface area contributed by atoms with Gasteiger partial charge in [0.15, 0.2) is 0 Å². The molecule has 1 aromatic carbocycles. The fraction of sp³-hybridized carbons (Fsp3) is 0.500. The number of benzene rings is 1. The Balaban J connectivity index is 1.48. The van der Waals surface area contributed by atoms with Crippen LogP contribution in [-0.4, -0.2) is 67.2 Å². The molecule has 9 heteroatoms. The van der Waals surface area contributed by atoms with Crippen LogP contribution in [0.1, 0.15) is 36.2 Å². The summed E-state index contributed by atoms with van der Waals surface area (Å²) in [5.74, 6) is 0.103. The SMILES string of the molecule is CCNC(=O)N(CC(=O)N1CCc2sccc2[C@H]1COc1ccc(F)cc1)C[C@H]1CCCO1. The van der Waals surface area contributed by atoms with E-state index in [0.29, 0.717) is 32.0 Å². The van der Waals surface area contributed by atoms with E-state index in [4.69, 9.17) is 9.47 Å². The van der Waals surface area contributed by atoms with Crippen molar-refractivity contribution >= 4 is 23.3 Å². The van der Waals surface area contributed by atoms with E-state index in [1.807, 2.05) is 18.4 Å². The maximum Gasteiger partial charge on any atom is 0.317 e. The van der Waals surface area contributed by atoms with Crippen LogP contribution in [-0.2, 0) is 16.0 Å². The van der Waals surface area contributed by atoms with Gasteiger partial charge in [-0.05, 0) is 67.5 Å². The van der Waals surface area contributed by atoms with Crippen molar-refractivity contribution in [3.8, 4) is 5.75 Å². The summed E-state index contributed by atoms with van der Waals surface area (Å²) in [6, 6.07) is 7.38. The number of amides is 3. The molecule has 3 heterocycles. The van der Waals surface area contributed by atoms with Gasteiger partial charge in [-0.1, -0.05) is 0 Å². The second-order valence-corrected chi connectivity index (χ2v) is 9.27. The number of urea groups is 1. The lowest BCUT2D eigenvalue weighted by atomic mass is 10.0. The topological polar surface area (TPSA) is 71.1 Å². The number of carbonyl (C=O) groups excluding carboxylic acids is 2. The molecular formula is C24H30FN3O4S. The Bertz CT molecular complexity index is 945. The summed E-state index contributed by atoms with van der Waals surface area (Å²) in [4.78, 5) is 30.7. The molecule has 1 fully saturated rings. The lowest BCUT2D eigenvalue weighted by Gasteiger charge is -2.37. The van der Waals surface area contributed by atoms with Crippen molar-refractivity contribution < 1.29 is 23.5 Å². The van der Waals surface area contributed by atoms with Crippen LogP contribution in [0.2, 0.25) is 0 Å².